The number of aliphatic carboxylic acids is 1. The van der Waals surface area contributed by atoms with Crippen molar-refractivity contribution in [2.75, 3.05) is 0 Å². The second kappa shape index (κ2) is 6.97. The first-order chi connectivity index (χ1) is 15.7. The number of aliphatic hydroxyl groups is 2. The van der Waals surface area contributed by atoms with Gasteiger partial charge in [-0.2, -0.15) is 5.26 Å². The van der Waals surface area contributed by atoms with Crippen molar-refractivity contribution in [3.05, 3.63) is 23.0 Å². The molecule has 0 amide bonds. The van der Waals surface area contributed by atoms with Crippen molar-refractivity contribution in [3.63, 3.8) is 0 Å². The largest absolute Gasteiger partial charge is 0.511 e. The molecule has 0 radical (unpaired) electrons. The number of nitriles is 1. The number of carbonyl (C=O) groups excluding carboxylic acids is 1. The molecule has 0 spiro atoms. The van der Waals surface area contributed by atoms with Gasteiger partial charge in [0, 0.05) is 18.3 Å². The van der Waals surface area contributed by atoms with E-state index in [-0.39, 0.29) is 28.8 Å². The van der Waals surface area contributed by atoms with Crippen LogP contribution in [0.4, 0.5) is 0 Å². The van der Waals surface area contributed by atoms with Crippen LogP contribution < -0.4 is 0 Å². The first-order valence-corrected chi connectivity index (χ1v) is 12.8. The number of rotatable bonds is 1. The molecule has 7 unspecified atom stereocenters. The molecule has 0 aromatic carbocycles. The first kappa shape index (κ1) is 23.6. The third-order valence-electron chi connectivity index (χ3n) is 11.1. The third kappa shape index (κ3) is 2.77. The van der Waals surface area contributed by atoms with Gasteiger partial charge in [0.1, 0.15) is 11.4 Å². The molecule has 5 aliphatic carbocycles. The maximum atomic E-state index is 14.0. The van der Waals surface area contributed by atoms with E-state index in [1.54, 1.807) is 6.08 Å². The number of carboxylic acid groups (broad SMARTS) is 1. The highest BCUT2D eigenvalue weighted by molar-refractivity contribution is 6.00. The quantitative estimate of drug-likeness (QED) is 0.494. The van der Waals surface area contributed by atoms with Gasteiger partial charge in [-0.3, -0.25) is 9.59 Å². The van der Waals surface area contributed by atoms with Gasteiger partial charge >= 0.3 is 5.97 Å². The summed E-state index contributed by atoms with van der Waals surface area (Å²) in [4.78, 5) is 26.6. The molecule has 3 saturated carbocycles. The molecule has 0 aromatic heterocycles. The van der Waals surface area contributed by atoms with Crippen LogP contribution in [0.2, 0.25) is 0 Å². The Labute approximate surface area is 201 Å². The van der Waals surface area contributed by atoms with Crippen molar-refractivity contribution in [3.8, 4) is 6.07 Å². The van der Waals surface area contributed by atoms with Gasteiger partial charge in [0.2, 0.25) is 0 Å². The molecule has 3 N–H and O–H groups in total. The van der Waals surface area contributed by atoms with E-state index in [9.17, 15) is 30.2 Å². The van der Waals surface area contributed by atoms with Crippen molar-refractivity contribution >= 4 is 11.8 Å². The Morgan fingerprint density at radius 3 is 2.41 bits per heavy atom. The summed E-state index contributed by atoms with van der Waals surface area (Å²) in [5, 5.41) is 42.7. The summed E-state index contributed by atoms with van der Waals surface area (Å²) in [6, 6.07) is 2.16. The normalized spacial score (nSPS) is 47.4. The minimum Gasteiger partial charge on any atom is -0.511 e. The number of hydrogen-bond acceptors (Lipinski definition) is 5. The molecule has 0 aromatic rings. The molecule has 6 nitrogen and oxygen atoms in total. The SMILES string of the molecule is CC1(C)CCC2(C(=O)O)CCC3C4(C)CCC5CC(O)=C(C#N)CC5(C)C4=CC(=O)C3(O)C2C1. The number of aliphatic hydroxyl groups excluding tert-OH is 1. The maximum absolute atomic E-state index is 14.0. The average Bonchev–Trinajstić information content (AvgIpc) is 2.76. The molecule has 184 valence electrons. The molecule has 0 heterocycles. The van der Waals surface area contributed by atoms with Crippen molar-refractivity contribution < 1.29 is 24.9 Å². The minimum atomic E-state index is -1.69. The smallest absolute Gasteiger partial charge is 0.310 e. The molecule has 3 fully saturated rings. The van der Waals surface area contributed by atoms with Gasteiger partial charge in [-0.1, -0.05) is 33.3 Å². The van der Waals surface area contributed by atoms with Crippen molar-refractivity contribution in [1.82, 2.24) is 0 Å². The highest BCUT2D eigenvalue weighted by Crippen LogP contribution is 2.70. The topological polar surface area (TPSA) is 119 Å². The first-order valence-electron chi connectivity index (χ1n) is 12.8. The van der Waals surface area contributed by atoms with E-state index in [2.05, 4.69) is 33.8 Å². The maximum Gasteiger partial charge on any atom is 0.310 e. The predicted octanol–water partition coefficient (Wildman–Crippen LogP) is 5.09. The molecule has 7 atom stereocenters. The third-order valence-corrected chi connectivity index (χ3v) is 11.1. The van der Waals surface area contributed by atoms with Crippen LogP contribution in [-0.4, -0.2) is 32.7 Å². The van der Waals surface area contributed by atoms with Crippen LogP contribution in [0.15, 0.2) is 23.0 Å². The van der Waals surface area contributed by atoms with Crippen molar-refractivity contribution in [1.29, 1.82) is 5.26 Å². The van der Waals surface area contributed by atoms with E-state index in [0.29, 0.717) is 44.1 Å². The zero-order valence-electron chi connectivity index (χ0n) is 20.8. The Morgan fingerprint density at radius 2 is 1.76 bits per heavy atom. The van der Waals surface area contributed by atoms with Gasteiger partial charge in [-0.15, -0.1) is 0 Å². The molecule has 0 saturated heterocycles. The fourth-order valence-corrected chi connectivity index (χ4v) is 9.07. The van der Waals surface area contributed by atoms with E-state index in [1.807, 2.05) is 0 Å². The summed E-state index contributed by atoms with van der Waals surface area (Å²) in [5.74, 6) is -1.88. The standard InChI is InChI=1S/C28H37NO5/c1-24(2)9-10-27(23(32)33)8-6-19-25(3)7-5-17-11-18(30)16(15-29)13-26(17,4)20(25)12-22(31)28(19,34)21(27)14-24/h12,17,19,21,30,34H,5-11,13-14H2,1-4H3,(H,32,33). The molecular weight excluding hydrogens is 430 g/mol. The van der Waals surface area contributed by atoms with Crippen LogP contribution >= 0.6 is 0 Å². The lowest BCUT2D eigenvalue weighted by Gasteiger charge is -2.66. The predicted molar refractivity (Wildman–Crippen MR) is 125 cm³/mol. The van der Waals surface area contributed by atoms with Crippen LogP contribution in [0.1, 0.15) is 85.5 Å². The second-order valence-electron chi connectivity index (χ2n) is 13.2. The minimum absolute atomic E-state index is 0.135. The zero-order valence-corrected chi connectivity index (χ0v) is 20.8. The van der Waals surface area contributed by atoms with Crippen molar-refractivity contribution in [2.45, 2.75) is 91.1 Å². The summed E-state index contributed by atoms with van der Waals surface area (Å²) in [6.45, 7) is 8.47. The summed E-state index contributed by atoms with van der Waals surface area (Å²) in [5.41, 5.74) is -2.40. The molecule has 6 heteroatoms. The Kier molecular flexibility index (Phi) is 4.84. The molecule has 0 bridgehead atoms. The Morgan fingerprint density at radius 1 is 1.06 bits per heavy atom. The van der Waals surface area contributed by atoms with Crippen molar-refractivity contribution in [2.24, 2.45) is 39.4 Å². The fraction of sp³-hybridized carbons (Fsp3) is 0.750. The van der Waals surface area contributed by atoms with Gasteiger partial charge in [-0.25, -0.2) is 0 Å². The Balaban J connectivity index is 1.66. The van der Waals surface area contributed by atoms with Gasteiger partial charge in [0.25, 0.3) is 0 Å². The highest BCUT2D eigenvalue weighted by Gasteiger charge is 2.71. The van der Waals surface area contributed by atoms with E-state index < -0.39 is 33.7 Å². The number of carbonyl (C=O) groups is 2. The van der Waals surface area contributed by atoms with Crippen LogP contribution in [0, 0.1) is 50.7 Å². The Bertz CT molecular complexity index is 1080. The summed E-state index contributed by atoms with van der Waals surface area (Å²) < 4.78 is 0. The van der Waals surface area contributed by atoms with Crippen LogP contribution in [0.3, 0.4) is 0 Å². The average molecular weight is 468 g/mol. The van der Waals surface area contributed by atoms with Gasteiger partial charge < -0.3 is 15.3 Å². The zero-order chi connectivity index (χ0) is 24.9. The second-order valence-corrected chi connectivity index (χ2v) is 13.2. The van der Waals surface area contributed by atoms with E-state index in [0.717, 1.165) is 24.8 Å². The van der Waals surface area contributed by atoms with Gasteiger partial charge in [-0.05, 0) is 79.6 Å². The van der Waals surface area contributed by atoms with Crippen LogP contribution in [0.25, 0.3) is 0 Å². The number of ketones is 1. The molecule has 34 heavy (non-hydrogen) atoms. The number of fused-ring (bicyclic) bond motifs is 7. The van der Waals surface area contributed by atoms with E-state index in [4.69, 9.17) is 0 Å². The summed E-state index contributed by atoms with van der Waals surface area (Å²) in [6.07, 6.45) is 6.87. The lowest BCUT2D eigenvalue weighted by Crippen LogP contribution is -2.70. The number of carboxylic acids is 1. The highest BCUT2D eigenvalue weighted by atomic mass is 16.4. The van der Waals surface area contributed by atoms with Crippen LogP contribution in [0.5, 0.6) is 0 Å². The van der Waals surface area contributed by atoms with E-state index >= 15 is 0 Å². The van der Waals surface area contributed by atoms with Crippen LogP contribution in [-0.2, 0) is 9.59 Å². The molecule has 5 aliphatic rings. The monoisotopic (exact) mass is 467 g/mol. The summed E-state index contributed by atoms with van der Waals surface area (Å²) >= 11 is 0. The number of hydrogen-bond donors (Lipinski definition) is 3. The fourth-order valence-electron chi connectivity index (χ4n) is 9.07. The number of nitrogens with zero attached hydrogens (tertiary/aromatic N) is 1. The molecule has 0 aliphatic heterocycles. The number of allylic oxidation sites excluding steroid dienone is 3. The molecular formula is C28H37NO5. The lowest BCUT2D eigenvalue weighted by molar-refractivity contribution is -0.217. The molecule has 5 rings (SSSR count). The summed E-state index contributed by atoms with van der Waals surface area (Å²) in [7, 11) is 0. The van der Waals surface area contributed by atoms with Gasteiger partial charge in [0.15, 0.2) is 5.78 Å². The lowest BCUT2D eigenvalue weighted by atomic mass is 9.38. The van der Waals surface area contributed by atoms with Gasteiger partial charge in [0.05, 0.1) is 17.1 Å². The van der Waals surface area contributed by atoms with E-state index in [1.165, 1.54) is 0 Å². The Hall–Kier alpha value is -2.13.